The van der Waals surface area contributed by atoms with E-state index in [2.05, 4.69) is 142 Å². The number of aromatic nitrogens is 1. The minimum atomic E-state index is 0.464. The molecule has 226 valence electrons. The molecule has 0 amide bonds. The smallest absolute Gasteiger partial charge is 0.208 e. The van der Waals surface area contributed by atoms with Crippen LogP contribution in [0, 0.1) is 13.1 Å². The second kappa shape index (κ2) is 11.4. The van der Waals surface area contributed by atoms with E-state index in [1.807, 2.05) is 36.4 Å². The Kier molecular flexibility index (Phi) is 6.58. The van der Waals surface area contributed by atoms with Crippen LogP contribution in [0.3, 0.4) is 0 Å². The molecule has 8 aromatic carbocycles. The first kappa shape index (κ1) is 28.3. The second-order valence-corrected chi connectivity index (χ2v) is 12.2. The number of hydrogen-bond acceptors (Lipinski definition) is 0. The number of rotatable bonds is 4. The topological polar surface area (TPSA) is 13.6 Å². The van der Waals surface area contributed by atoms with E-state index in [1.165, 1.54) is 38.2 Å². The Labute approximate surface area is 284 Å². The maximum Gasteiger partial charge on any atom is 0.208 e. The number of para-hydroxylation sites is 2. The Morgan fingerprint density at radius 3 is 1.22 bits per heavy atom. The van der Waals surface area contributed by atoms with Gasteiger partial charge in [0.1, 0.15) is 0 Å². The van der Waals surface area contributed by atoms with Crippen molar-refractivity contribution < 1.29 is 0 Å². The van der Waals surface area contributed by atoms with Crippen LogP contribution in [0.2, 0.25) is 0 Å². The molecule has 0 unspecified atom stereocenters. The van der Waals surface area contributed by atoms with Gasteiger partial charge in [-0.2, -0.15) is 0 Å². The van der Waals surface area contributed by atoms with Gasteiger partial charge in [0.15, 0.2) is 5.69 Å². The van der Waals surface area contributed by atoms with E-state index in [4.69, 9.17) is 13.1 Å². The van der Waals surface area contributed by atoms with Crippen LogP contribution in [0.15, 0.2) is 164 Å². The van der Waals surface area contributed by atoms with Crippen molar-refractivity contribution in [2.75, 3.05) is 0 Å². The van der Waals surface area contributed by atoms with Crippen LogP contribution < -0.4 is 0 Å². The van der Waals surface area contributed by atoms with E-state index >= 15 is 0 Å². The third kappa shape index (κ3) is 4.35. The molecule has 1 aromatic heterocycles. The maximum atomic E-state index is 8.42. The molecule has 9 rings (SSSR count). The fraction of sp³-hybridized carbons (Fsp3) is 0. The molecule has 0 spiro atoms. The lowest BCUT2D eigenvalue weighted by molar-refractivity contribution is 1.19. The molecule has 49 heavy (non-hydrogen) atoms. The summed E-state index contributed by atoms with van der Waals surface area (Å²) in [6.07, 6.45) is 0. The number of benzene rings is 8. The second-order valence-electron chi connectivity index (χ2n) is 12.2. The molecule has 0 bridgehead atoms. The highest BCUT2D eigenvalue weighted by Crippen LogP contribution is 2.47. The van der Waals surface area contributed by atoms with Crippen molar-refractivity contribution in [1.29, 1.82) is 0 Å². The molecule has 0 saturated carbocycles. The zero-order chi connectivity index (χ0) is 32.9. The first-order valence-corrected chi connectivity index (χ1v) is 16.3. The van der Waals surface area contributed by atoms with Crippen LogP contribution in [0.4, 0.5) is 11.4 Å². The molecule has 0 fully saturated rings. The van der Waals surface area contributed by atoms with Crippen molar-refractivity contribution in [2.45, 2.75) is 0 Å². The van der Waals surface area contributed by atoms with E-state index in [-0.39, 0.29) is 0 Å². The first-order valence-electron chi connectivity index (χ1n) is 16.3. The van der Waals surface area contributed by atoms with Crippen molar-refractivity contribution in [2.24, 2.45) is 0 Å². The normalized spacial score (nSPS) is 11.2. The van der Waals surface area contributed by atoms with Crippen molar-refractivity contribution in [1.82, 2.24) is 4.57 Å². The Hall–Kier alpha value is -6.94. The molecule has 0 aliphatic carbocycles. The van der Waals surface area contributed by atoms with Crippen molar-refractivity contribution in [3.63, 3.8) is 0 Å². The van der Waals surface area contributed by atoms with Gasteiger partial charge in [-0.25, -0.2) is 9.69 Å². The van der Waals surface area contributed by atoms with E-state index in [1.54, 1.807) is 0 Å². The summed E-state index contributed by atoms with van der Waals surface area (Å²) in [6.45, 7) is 16.5. The van der Waals surface area contributed by atoms with Crippen LogP contribution in [0.1, 0.15) is 0 Å². The minimum absolute atomic E-state index is 0.464. The summed E-state index contributed by atoms with van der Waals surface area (Å²) < 4.78 is 2.16. The SMILES string of the molecule is [C-]#[N+]c1ccc(-n2c3ccccc3c3ccccc32)c([N+]#[C-])c1-c1ccc(-c2c3ccccc3c(-c3ccccc3)c3ccccc23)cc1. The molecule has 1 heterocycles. The molecule has 0 N–H and O–H groups in total. The summed E-state index contributed by atoms with van der Waals surface area (Å²) >= 11 is 0. The van der Waals surface area contributed by atoms with E-state index in [0.29, 0.717) is 16.9 Å². The Bertz CT molecular complexity index is 2720. The fourth-order valence-electron chi connectivity index (χ4n) is 7.58. The summed E-state index contributed by atoms with van der Waals surface area (Å²) in [7, 11) is 0. The van der Waals surface area contributed by atoms with Gasteiger partial charge >= 0.3 is 0 Å². The minimum Gasteiger partial charge on any atom is -0.319 e. The predicted octanol–water partition coefficient (Wildman–Crippen LogP) is 13.2. The summed E-state index contributed by atoms with van der Waals surface area (Å²) in [4.78, 5) is 8.01. The Balaban J connectivity index is 1.26. The maximum absolute atomic E-state index is 8.42. The van der Waals surface area contributed by atoms with Gasteiger partial charge in [-0.1, -0.05) is 152 Å². The molecule has 3 heteroatoms. The summed E-state index contributed by atoms with van der Waals surface area (Å²) in [6, 6.07) is 56.7. The third-order valence-corrected chi connectivity index (χ3v) is 9.64. The zero-order valence-electron chi connectivity index (χ0n) is 26.4. The van der Waals surface area contributed by atoms with Crippen molar-refractivity contribution in [3.05, 3.63) is 187 Å². The van der Waals surface area contributed by atoms with E-state index in [9.17, 15) is 0 Å². The van der Waals surface area contributed by atoms with E-state index < -0.39 is 0 Å². The molecular weight excluding hydrogens is 595 g/mol. The quantitative estimate of drug-likeness (QED) is 0.137. The van der Waals surface area contributed by atoms with Crippen molar-refractivity contribution >= 4 is 54.7 Å². The number of hydrogen-bond donors (Lipinski definition) is 0. The average Bonchev–Trinajstić information content (AvgIpc) is 3.51. The predicted molar refractivity (Wildman–Crippen MR) is 205 cm³/mol. The molecule has 9 aromatic rings. The molecule has 0 aliphatic heterocycles. The third-order valence-electron chi connectivity index (χ3n) is 9.64. The molecule has 0 atom stereocenters. The van der Waals surface area contributed by atoms with Crippen LogP contribution in [0.5, 0.6) is 0 Å². The first-order chi connectivity index (χ1) is 24.3. The lowest BCUT2D eigenvalue weighted by Crippen LogP contribution is -1.95. The lowest BCUT2D eigenvalue weighted by Gasteiger charge is -2.18. The average molecular weight is 622 g/mol. The molecular formula is C46H27N3. The standard InChI is InChI=1S/C46H27N3/c1-47-39-28-29-42(49-40-22-12-10-16-33(40)34-17-11-13-23-41(34)49)46(48-2)45(39)32-26-24-31(25-27-32)44-37-20-8-6-18-35(37)43(30-14-4-3-5-15-30)36-19-7-9-21-38(36)44/h3-29H. The summed E-state index contributed by atoms with van der Waals surface area (Å²) in [5.74, 6) is 0. The highest BCUT2D eigenvalue weighted by molar-refractivity contribution is 6.21. The van der Waals surface area contributed by atoms with Crippen LogP contribution in [-0.4, -0.2) is 4.57 Å². The van der Waals surface area contributed by atoms with Gasteiger partial charge in [-0.15, -0.1) is 0 Å². The Morgan fingerprint density at radius 2 is 0.755 bits per heavy atom. The van der Waals surface area contributed by atoms with Gasteiger partial charge in [0.25, 0.3) is 0 Å². The highest BCUT2D eigenvalue weighted by Gasteiger charge is 2.21. The molecule has 3 nitrogen and oxygen atoms in total. The molecule has 0 radical (unpaired) electrons. The van der Waals surface area contributed by atoms with Crippen molar-refractivity contribution in [3.8, 4) is 39.1 Å². The summed E-state index contributed by atoms with van der Waals surface area (Å²) in [5, 5.41) is 7.04. The zero-order valence-corrected chi connectivity index (χ0v) is 26.4. The van der Waals surface area contributed by atoms with Crippen LogP contribution in [0.25, 0.3) is 92.1 Å². The van der Waals surface area contributed by atoms with E-state index in [0.717, 1.165) is 38.6 Å². The fourth-order valence-corrected chi connectivity index (χ4v) is 7.58. The van der Waals surface area contributed by atoms with Gasteiger partial charge in [0, 0.05) is 10.8 Å². The summed E-state index contributed by atoms with van der Waals surface area (Å²) in [5.41, 5.74) is 9.95. The van der Waals surface area contributed by atoms with Gasteiger partial charge < -0.3 is 4.57 Å². The van der Waals surface area contributed by atoms with Gasteiger partial charge in [0.05, 0.1) is 29.9 Å². The lowest BCUT2D eigenvalue weighted by atomic mass is 9.85. The number of nitrogens with zero attached hydrogens (tertiary/aromatic N) is 3. The van der Waals surface area contributed by atoms with Crippen LogP contribution >= 0.6 is 0 Å². The van der Waals surface area contributed by atoms with Gasteiger partial charge in [-0.05, 0) is 67.1 Å². The number of fused-ring (bicyclic) bond motifs is 5. The molecule has 0 saturated heterocycles. The molecule has 0 aliphatic rings. The van der Waals surface area contributed by atoms with Gasteiger partial charge in [-0.3, -0.25) is 0 Å². The highest BCUT2D eigenvalue weighted by atomic mass is 15.0. The largest absolute Gasteiger partial charge is 0.319 e. The van der Waals surface area contributed by atoms with Crippen LogP contribution in [-0.2, 0) is 0 Å². The monoisotopic (exact) mass is 621 g/mol. The van der Waals surface area contributed by atoms with Gasteiger partial charge in [0.2, 0.25) is 5.69 Å². The Morgan fingerprint density at radius 1 is 0.347 bits per heavy atom.